The van der Waals surface area contributed by atoms with Crippen molar-refractivity contribution in [2.75, 3.05) is 19.4 Å². The third-order valence-corrected chi connectivity index (χ3v) is 5.14. The molecule has 2 rings (SSSR count). The third-order valence-electron chi connectivity index (χ3n) is 3.81. The molecule has 2 atom stereocenters. The van der Waals surface area contributed by atoms with E-state index in [-0.39, 0.29) is 0 Å². The summed E-state index contributed by atoms with van der Waals surface area (Å²) in [5.41, 5.74) is 1.38. The molecule has 1 aromatic carbocycles. The molecule has 0 aliphatic heterocycles. The number of nitrogens with one attached hydrogen (secondary N) is 1. The van der Waals surface area contributed by atoms with Crippen LogP contribution in [0.3, 0.4) is 0 Å². The number of rotatable bonds is 7. The fraction of sp³-hybridized carbons (Fsp3) is 0.625. The monoisotopic (exact) mass is 279 g/mol. The average molecular weight is 279 g/mol. The van der Waals surface area contributed by atoms with Crippen LogP contribution in [0.25, 0.3) is 0 Å². The molecule has 0 heterocycles. The van der Waals surface area contributed by atoms with Gasteiger partial charge in [0.15, 0.2) is 0 Å². The Labute approximate surface area is 121 Å². The van der Waals surface area contributed by atoms with Gasteiger partial charge in [0.1, 0.15) is 5.75 Å². The van der Waals surface area contributed by atoms with Crippen molar-refractivity contribution in [3.63, 3.8) is 0 Å². The number of hydrogen-bond acceptors (Lipinski definition) is 3. The summed E-state index contributed by atoms with van der Waals surface area (Å²) in [5.74, 6) is 2.17. The van der Waals surface area contributed by atoms with Gasteiger partial charge in [-0.3, -0.25) is 0 Å². The van der Waals surface area contributed by atoms with E-state index in [4.69, 9.17) is 4.74 Å². The predicted octanol–water partition coefficient (Wildman–Crippen LogP) is 3.50. The lowest BCUT2D eigenvalue weighted by molar-refractivity contribution is 0.414. The second-order valence-electron chi connectivity index (χ2n) is 5.08. The largest absolute Gasteiger partial charge is 0.497 e. The zero-order valence-corrected chi connectivity index (χ0v) is 12.8. The molecule has 19 heavy (non-hydrogen) atoms. The number of ether oxygens (including phenoxy) is 1. The minimum Gasteiger partial charge on any atom is -0.497 e. The molecule has 0 spiro atoms. The highest BCUT2D eigenvalue weighted by Gasteiger charge is 2.26. The van der Waals surface area contributed by atoms with Crippen molar-refractivity contribution in [3.05, 3.63) is 29.8 Å². The second kappa shape index (κ2) is 7.81. The zero-order chi connectivity index (χ0) is 13.5. The van der Waals surface area contributed by atoms with Gasteiger partial charge in [-0.2, -0.15) is 11.8 Å². The SMILES string of the molecule is CCSC1CCCC1NCCc1ccc(OC)cc1. The van der Waals surface area contributed by atoms with Crippen LogP contribution in [0.4, 0.5) is 0 Å². The molecular weight excluding hydrogens is 254 g/mol. The Morgan fingerprint density at radius 3 is 2.74 bits per heavy atom. The van der Waals surface area contributed by atoms with Crippen LogP contribution < -0.4 is 10.1 Å². The summed E-state index contributed by atoms with van der Waals surface area (Å²) in [6, 6.07) is 9.13. The summed E-state index contributed by atoms with van der Waals surface area (Å²) in [5, 5.41) is 4.58. The highest BCUT2D eigenvalue weighted by molar-refractivity contribution is 7.99. The van der Waals surface area contributed by atoms with Gasteiger partial charge in [-0.1, -0.05) is 25.5 Å². The molecule has 1 aliphatic carbocycles. The Kier molecular flexibility index (Phi) is 6.05. The quantitative estimate of drug-likeness (QED) is 0.825. The Bertz CT molecular complexity index is 366. The Hall–Kier alpha value is -0.670. The molecule has 1 saturated carbocycles. The van der Waals surface area contributed by atoms with Gasteiger partial charge in [-0.25, -0.2) is 0 Å². The van der Waals surface area contributed by atoms with Crippen molar-refractivity contribution in [2.45, 2.75) is 43.9 Å². The first-order valence-corrected chi connectivity index (χ1v) is 8.36. The Morgan fingerprint density at radius 2 is 2.05 bits per heavy atom. The first kappa shape index (κ1) is 14.7. The van der Waals surface area contributed by atoms with Gasteiger partial charge in [0.05, 0.1) is 7.11 Å². The van der Waals surface area contributed by atoms with Crippen molar-refractivity contribution in [2.24, 2.45) is 0 Å². The molecule has 0 saturated heterocycles. The van der Waals surface area contributed by atoms with Gasteiger partial charge in [-0.15, -0.1) is 0 Å². The predicted molar refractivity (Wildman–Crippen MR) is 84.3 cm³/mol. The van der Waals surface area contributed by atoms with Gasteiger partial charge < -0.3 is 10.1 Å². The lowest BCUT2D eigenvalue weighted by Gasteiger charge is -2.20. The van der Waals surface area contributed by atoms with Crippen molar-refractivity contribution in [1.82, 2.24) is 5.32 Å². The second-order valence-corrected chi connectivity index (χ2v) is 6.60. The average Bonchev–Trinajstić information content (AvgIpc) is 2.88. The van der Waals surface area contributed by atoms with Crippen LogP contribution in [0.15, 0.2) is 24.3 Å². The number of benzene rings is 1. The topological polar surface area (TPSA) is 21.3 Å². The zero-order valence-electron chi connectivity index (χ0n) is 12.0. The van der Waals surface area contributed by atoms with E-state index in [0.29, 0.717) is 0 Å². The molecule has 1 fully saturated rings. The molecule has 1 aliphatic rings. The third kappa shape index (κ3) is 4.43. The summed E-state index contributed by atoms with van der Waals surface area (Å²) in [6.45, 7) is 3.34. The van der Waals surface area contributed by atoms with Gasteiger partial charge in [-0.05, 0) is 49.3 Å². The lowest BCUT2D eigenvalue weighted by atomic mass is 10.1. The van der Waals surface area contributed by atoms with Crippen molar-refractivity contribution >= 4 is 11.8 Å². The summed E-state index contributed by atoms with van der Waals surface area (Å²) < 4.78 is 5.18. The fourth-order valence-corrected chi connectivity index (χ4v) is 3.99. The molecular formula is C16H25NOS. The molecule has 1 N–H and O–H groups in total. The summed E-state index contributed by atoms with van der Waals surface area (Å²) in [6.07, 6.45) is 5.22. The summed E-state index contributed by atoms with van der Waals surface area (Å²) in [7, 11) is 1.71. The maximum Gasteiger partial charge on any atom is 0.118 e. The number of hydrogen-bond donors (Lipinski definition) is 1. The van der Waals surface area contributed by atoms with Gasteiger partial charge >= 0.3 is 0 Å². The molecule has 1 aromatic rings. The minimum absolute atomic E-state index is 0.725. The molecule has 0 radical (unpaired) electrons. The van der Waals surface area contributed by atoms with Crippen LogP contribution in [0, 0.1) is 0 Å². The van der Waals surface area contributed by atoms with E-state index in [1.807, 2.05) is 12.1 Å². The highest BCUT2D eigenvalue weighted by atomic mass is 32.2. The molecule has 106 valence electrons. The van der Waals surface area contributed by atoms with Crippen molar-refractivity contribution in [3.8, 4) is 5.75 Å². The smallest absolute Gasteiger partial charge is 0.118 e. The maximum absolute atomic E-state index is 5.18. The molecule has 0 aromatic heterocycles. The Morgan fingerprint density at radius 1 is 1.26 bits per heavy atom. The van der Waals surface area contributed by atoms with Crippen molar-refractivity contribution < 1.29 is 4.74 Å². The van der Waals surface area contributed by atoms with Gasteiger partial charge in [0, 0.05) is 11.3 Å². The molecule has 0 amide bonds. The van der Waals surface area contributed by atoms with Crippen LogP contribution in [-0.4, -0.2) is 30.7 Å². The van der Waals surface area contributed by atoms with Gasteiger partial charge in [0.25, 0.3) is 0 Å². The molecule has 2 nitrogen and oxygen atoms in total. The molecule has 3 heteroatoms. The fourth-order valence-electron chi connectivity index (χ4n) is 2.77. The van der Waals surface area contributed by atoms with Crippen LogP contribution >= 0.6 is 11.8 Å². The van der Waals surface area contributed by atoms with E-state index < -0.39 is 0 Å². The molecule has 0 bridgehead atoms. The first-order chi connectivity index (χ1) is 9.33. The van der Waals surface area contributed by atoms with Crippen LogP contribution in [-0.2, 0) is 6.42 Å². The number of thioether (sulfide) groups is 1. The first-order valence-electron chi connectivity index (χ1n) is 7.31. The summed E-state index contributed by atoms with van der Waals surface area (Å²) >= 11 is 2.12. The lowest BCUT2D eigenvalue weighted by Crippen LogP contribution is -2.35. The van der Waals surface area contributed by atoms with E-state index in [2.05, 4.69) is 36.1 Å². The normalized spacial score (nSPS) is 22.6. The van der Waals surface area contributed by atoms with E-state index in [1.165, 1.54) is 30.6 Å². The van der Waals surface area contributed by atoms with E-state index >= 15 is 0 Å². The highest BCUT2D eigenvalue weighted by Crippen LogP contribution is 2.29. The standard InChI is InChI=1S/C16H25NOS/c1-3-19-16-6-4-5-15(16)17-12-11-13-7-9-14(18-2)10-8-13/h7-10,15-17H,3-6,11-12H2,1-2H3. The minimum atomic E-state index is 0.725. The van der Waals surface area contributed by atoms with Crippen LogP contribution in [0.5, 0.6) is 5.75 Å². The maximum atomic E-state index is 5.18. The summed E-state index contributed by atoms with van der Waals surface area (Å²) in [4.78, 5) is 0. The Balaban J connectivity index is 1.73. The van der Waals surface area contributed by atoms with E-state index in [9.17, 15) is 0 Å². The number of methoxy groups -OCH3 is 1. The molecule has 2 unspecified atom stereocenters. The van der Waals surface area contributed by atoms with E-state index in [1.54, 1.807) is 7.11 Å². The van der Waals surface area contributed by atoms with E-state index in [0.717, 1.165) is 30.0 Å². The van der Waals surface area contributed by atoms with Crippen LogP contribution in [0.2, 0.25) is 0 Å². The van der Waals surface area contributed by atoms with Crippen LogP contribution in [0.1, 0.15) is 31.7 Å². The van der Waals surface area contributed by atoms with Crippen molar-refractivity contribution in [1.29, 1.82) is 0 Å². The van der Waals surface area contributed by atoms with Gasteiger partial charge in [0.2, 0.25) is 0 Å².